The maximum atomic E-state index is 5.43. The molecule has 1 N–H and O–H groups in total. The van der Waals surface area contributed by atoms with E-state index < -0.39 is 0 Å². The van der Waals surface area contributed by atoms with Gasteiger partial charge in [0.05, 0.1) is 6.54 Å². The van der Waals surface area contributed by atoms with Crippen molar-refractivity contribution in [2.24, 2.45) is 5.92 Å². The number of nitrogens with one attached hydrogen (secondary N) is 1. The second kappa shape index (κ2) is 5.70. The van der Waals surface area contributed by atoms with Crippen LogP contribution in [0.5, 0.6) is 0 Å². The Hall–Kier alpha value is -1.53. The summed E-state index contributed by atoms with van der Waals surface area (Å²) in [5.41, 5.74) is 1.25. The van der Waals surface area contributed by atoms with Crippen LogP contribution in [0, 0.1) is 18.3 Å². The van der Waals surface area contributed by atoms with Gasteiger partial charge in [-0.15, -0.1) is 6.42 Å². The number of terminal acetylenes is 1. The lowest BCUT2D eigenvalue weighted by Crippen LogP contribution is -2.27. The van der Waals surface area contributed by atoms with Gasteiger partial charge in [-0.3, -0.25) is 0 Å². The van der Waals surface area contributed by atoms with Gasteiger partial charge >= 0.3 is 0 Å². The summed E-state index contributed by atoms with van der Waals surface area (Å²) in [5, 5.41) is 3.15. The van der Waals surface area contributed by atoms with Crippen molar-refractivity contribution in [3.63, 3.8) is 0 Å². The number of anilines is 1. The molecule has 0 atom stereocenters. The predicted octanol–water partition coefficient (Wildman–Crippen LogP) is 1.65. The van der Waals surface area contributed by atoms with Crippen LogP contribution in [0.3, 0.4) is 0 Å². The lowest BCUT2D eigenvalue weighted by atomic mass is 10.2. The van der Waals surface area contributed by atoms with Gasteiger partial charge in [-0.1, -0.05) is 5.92 Å². The van der Waals surface area contributed by atoms with Crippen LogP contribution in [0.4, 0.5) is 5.82 Å². The number of nitrogens with zero attached hydrogens (tertiary/aromatic N) is 2. The smallest absolute Gasteiger partial charge is 0.129 e. The highest BCUT2D eigenvalue weighted by atomic mass is 15.2. The van der Waals surface area contributed by atoms with Gasteiger partial charge in [0, 0.05) is 19.3 Å². The van der Waals surface area contributed by atoms with E-state index in [1.807, 2.05) is 19.3 Å². The van der Waals surface area contributed by atoms with E-state index in [2.05, 4.69) is 27.2 Å². The maximum absolute atomic E-state index is 5.43. The Labute approximate surface area is 103 Å². The molecule has 3 heteroatoms. The normalized spacial score (nSPS) is 14.4. The van der Waals surface area contributed by atoms with Crippen molar-refractivity contribution in [1.82, 2.24) is 10.3 Å². The molecule has 3 nitrogen and oxygen atoms in total. The van der Waals surface area contributed by atoms with Gasteiger partial charge in [0.1, 0.15) is 5.82 Å². The molecule has 0 radical (unpaired) electrons. The summed E-state index contributed by atoms with van der Waals surface area (Å²) in [5.74, 6) is 4.54. The second-order valence-electron chi connectivity index (χ2n) is 4.58. The monoisotopic (exact) mass is 229 g/mol. The molecule has 1 aromatic rings. The van der Waals surface area contributed by atoms with Crippen LogP contribution in [-0.2, 0) is 6.54 Å². The van der Waals surface area contributed by atoms with Crippen molar-refractivity contribution in [1.29, 1.82) is 0 Å². The molecule has 1 aliphatic carbocycles. The molecule has 0 unspecified atom stereocenters. The zero-order chi connectivity index (χ0) is 12.1. The standard InChI is InChI=1S/C14H19N3/c1-3-8-17(11-12-4-5-12)14-9-13(10-15-2)6-7-16-14/h1,6-7,9,12,15H,4-5,8,10-11H2,2H3. The molecule has 90 valence electrons. The number of aromatic nitrogens is 1. The summed E-state index contributed by atoms with van der Waals surface area (Å²) in [6, 6.07) is 4.15. The molecule has 1 aliphatic rings. The Bertz CT molecular complexity index is 404. The molecule has 1 fully saturated rings. The Morgan fingerprint density at radius 3 is 3.06 bits per heavy atom. The van der Waals surface area contributed by atoms with Gasteiger partial charge in [-0.25, -0.2) is 4.98 Å². The van der Waals surface area contributed by atoms with Crippen molar-refractivity contribution < 1.29 is 0 Å². The molecular weight excluding hydrogens is 210 g/mol. The first-order chi connectivity index (χ1) is 8.33. The minimum absolute atomic E-state index is 0.645. The molecule has 1 saturated carbocycles. The summed E-state index contributed by atoms with van der Waals surface area (Å²) in [7, 11) is 1.95. The van der Waals surface area contributed by atoms with Crippen LogP contribution < -0.4 is 10.2 Å². The van der Waals surface area contributed by atoms with Crippen molar-refractivity contribution >= 4 is 5.82 Å². The highest BCUT2D eigenvalue weighted by Gasteiger charge is 2.24. The molecule has 0 bridgehead atoms. The van der Waals surface area contributed by atoms with E-state index in [0.717, 1.165) is 24.8 Å². The van der Waals surface area contributed by atoms with Crippen LogP contribution in [0.2, 0.25) is 0 Å². The van der Waals surface area contributed by atoms with Gasteiger partial charge in [-0.2, -0.15) is 0 Å². The number of hydrogen-bond donors (Lipinski definition) is 1. The average Bonchev–Trinajstić information content (AvgIpc) is 3.13. The Morgan fingerprint density at radius 2 is 2.41 bits per heavy atom. The molecule has 0 aliphatic heterocycles. The third-order valence-corrected chi connectivity index (χ3v) is 2.97. The minimum Gasteiger partial charge on any atom is -0.345 e. The summed E-state index contributed by atoms with van der Waals surface area (Å²) in [6.07, 6.45) is 9.95. The Kier molecular flexibility index (Phi) is 4.00. The van der Waals surface area contributed by atoms with Crippen LogP contribution >= 0.6 is 0 Å². The highest BCUT2D eigenvalue weighted by molar-refractivity contribution is 5.42. The fourth-order valence-electron chi connectivity index (χ4n) is 1.91. The van der Waals surface area contributed by atoms with E-state index in [0.29, 0.717) is 6.54 Å². The highest BCUT2D eigenvalue weighted by Crippen LogP contribution is 2.30. The van der Waals surface area contributed by atoms with Crippen LogP contribution in [0.15, 0.2) is 18.3 Å². The summed E-state index contributed by atoms with van der Waals surface area (Å²) in [4.78, 5) is 6.63. The third-order valence-electron chi connectivity index (χ3n) is 2.97. The molecule has 1 heterocycles. The zero-order valence-electron chi connectivity index (χ0n) is 10.3. The quantitative estimate of drug-likeness (QED) is 0.752. The molecule has 2 rings (SSSR count). The minimum atomic E-state index is 0.645. The van der Waals surface area contributed by atoms with Gasteiger partial charge in [0.15, 0.2) is 0 Å². The molecular formula is C14H19N3. The Balaban J connectivity index is 2.10. The molecule has 1 aromatic heterocycles. The molecule has 17 heavy (non-hydrogen) atoms. The number of hydrogen-bond acceptors (Lipinski definition) is 3. The van der Waals surface area contributed by atoms with E-state index in [9.17, 15) is 0 Å². The first kappa shape index (κ1) is 11.9. The first-order valence-electron chi connectivity index (χ1n) is 6.11. The largest absolute Gasteiger partial charge is 0.345 e. The van der Waals surface area contributed by atoms with E-state index in [1.54, 1.807) is 0 Å². The first-order valence-corrected chi connectivity index (χ1v) is 6.11. The van der Waals surface area contributed by atoms with Gasteiger partial charge in [0.25, 0.3) is 0 Å². The third kappa shape index (κ3) is 3.47. The maximum Gasteiger partial charge on any atom is 0.129 e. The molecule has 0 aromatic carbocycles. The predicted molar refractivity (Wildman–Crippen MR) is 70.8 cm³/mol. The fourth-order valence-corrected chi connectivity index (χ4v) is 1.91. The van der Waals surface area contributed by atoms with Crippen LogP contribution in [0.25, 0.3) is 0 Å². The zero-order valence-corrected chi connectivity index (χ0v) is 10.3. The van der Waals surface area contributed by atoms with Crippen molar-refractivity contribution in [3.8, 4) is 12.3 Å². The van der Waals surface area contributed by atoms with E-state index in [4.69, 9.17) is 6.42 Å². The average molecular weight is 229 g/mol. The topological polar surface area (TPSA) is 28.2 Å². The van der Waals surface area contributed by atoms with Crippen LogP contribution in [0.1, 0.15) is 18.4 Å². The molecule has 0 amide bonds. The van der Waals surface area contributed by atoms with Gasteiger partial charge < -0.3 is 10.2 Å². The van der Waals surface area contributed by atoms with Crippen molar-refractivity contribution in [2.45, 2.75) is 19.4 Å². The van der Waals surface area contributed by atoms with Crippen LogP contribution in [-0.4, -0.2) is 25.1 Å². The van der Waals surface area contributed by atoms with E-state index in [1.165, 1.54) is 18.4 Å². The van der Waals surface area contributed by atoms with Gasteiger partial charge in [0.2, 0.25) is 0 Å². The molecule has 0 saturated heterocycles. The SMILES string of the molecule is C#CCN(CC1CC1)c1cc(CNC)ccn1. The summed E-state index contributed by atoms with van der Waals surface area (Å²) < 4.78 is 0. The summed E-state index contributed by atoms with van der Waals surface area (Å²) in [6.45, 7) is 2.55. The molecule has 0 spiro atoms. The lowest BCUT2D eigenvalue weighted by molar-refractivity contribution is 0.751. The van der Waals surface area contributed by atoms with E-state index in [-0.39, 0.29) is 0 Å². The second-order valence-corrected chi connectivity index (χ2v) is 4.58. The summed E-state index contributed by atoms with van der Waals surface area (Å²) >= 11 is 0. The van der Waals surface area contributed by atoms with Crippen molar-refractivity contribution in [2.75, 3.05) is 25.0 Å². The van der Waals surface area contributed by atoms with E-state index >= 15 is 0 Å². The van der Waals surface area contributed by atoms with Crippen molar-refractivity contribution in [3.05, 3.63) is 23.9 Å². The fraction of sp³-hybridized carbons (Fsp3) is 0.500. The van der Waals surface area contributed by atoms with Gasteiger partial charge in [-0.05, 0) is 43.5 Å². The number of rotatable bonds is 6. The Morgan fingerprint density at radius 1 is 1.59 bits per heavy atom. The lowest BCUT2D eigenvalue weighted by Gasteiger charge is -2.21. The number of pyridine rings is 1.